The fourth-order valence-corrected chi connectivity index (χ4v) is 2.75. The lowest BCUT2D eigenvalue weighted by molar-refractivity contribution is -0.145. The van der Waals surface area contributed by atoms with Crippen molar-refractivity contribution in [2.45, 2.75) is 20.4 Å². The lowest BCUT2D eigenvalue weighted by Crippen LogP contribution is -2.34. The van der Waals surface area contributed by atoms with E-state index in [0.717, 1.165) is 22.5 Å². The summed E-state index contributed by atoms with van der Waals surface area (Å²) in [6, 6.07) is 7.21. The van der Waals surface area contributed by atoms with Gasteiger partial charge in [-0.3, -0.25) is 14.3 Å². The molecule has 1 heterocycles. The second-order valence-corrected chi connectivity index (χ2v) is 6.31. The summed E-state index contributed by atoms with van der Waals surface area (Å²) < 4.78 is 6.46. The normalized spacial score (nSPS) is 11.0. The third-order valence-corrected chi connectivity index (χ3v) is 4.50. The minimum Gasteiger partial charge on any atom is -0.468 e. The van der Waals surface area contributed by atoms with E-state index in [0.29, 0.717) is 5.02 Å². The minimum atomic E-state index is -0.493. The summed E-state index contributed by atoms with van der Waals surface area (Å²) >= 11 is 6.18. The molecule has 0 aliphatic rings. The highest BCUT2D eigenvalue weighted by molar-refractivity contribution is 6.31. The van der Waals surface area contributed by atoms with E-state index < -0.39 is 5.97 Å². The van der Waals surface area contributed by atoms with Gasteiger partial charge in [0.1, 0.15) is 6.54 Å². The van der Waals surface area contributed by atoms with Gasteiger partial charge in [0, 0.05) is 35.9 Å². The maximum atomic E-state index is 12.7. The first-order valence-electron chi connectivity index (χ1n) is 8.11. The van der Waals surface area contributed by atoms with Crippen LogP contribution in [0.1, 0.15) is 22.5 Å². The molecule has 2 aromatic rings. The molecular formula is C19H22ClN3O3. The molecule has 0 bridgehead atoms. The van der Waals surface area contributed by atoms with Crippen molar-refractivity contribution >= 4 is 29.6 Å². The third kappa shape index (κ3) is 4.73. The number of rotatable bonds is 6. The largest absolute Gasteiger partial charge is 0.468 e. The number of aromatic nitrogens is 2. The average molecular weight is 376 g/mol. The maximum absolute atomic E-state index is 12.7. The summed E-state index contributed by atoms with van der Waals surface area (Å²) in [5.74, 6) is -0.800. The highest BCUT2D eigenvalue weighted by atomic mass is 35.5. The Balaban J connectivity index is 2.23. The van der Waals surface area contributed by atoms with Crippen molar-refractivity contribution in [3.8, 4) is 0 Å². The van der Waals surface area contributed by atoms with Crippen molar-refractivity contribution in [2.24, 2.45) is 7.05 Å². The fourth-order valence-electron chi connectivity index (χ4n) is 2.56. The Morgan fingerprint density at radius 3 is 2.58 bits per heavy atom. The molecule has 7 heteroatoms. The molecule has 6 nitrogen and oxygen atoms in total. The van der Waals surface area contributed by atoms with Crippen molar-refractivity contribution in [1.29, 1.82) is 0 Å². The van der Waals surface area contributed by atoms with Crippen LogP contribution in [0.2, 0.25) is 5.02 Å². The monoisotopic (exact) mass is 375 g/mol. The van der Waals surface area contributed by atoms with Crippen molar-refractivity contribution in [2.75, 3.05) is 13.7 Å². The zero-order chi connectivity index (χ0) is 19.3. The molecule has 0 saturated carbocycles. The van der Waals surface area contributed by atoms with Crippen LogP contribution in [-0.4, -0.2) is 40.2 Å². The maximum Gasteiger partial charge on any atom is 0.325 e. The summed E-state index contributed by atoms with van der Waals surface area (Å²) in [5, 5.41) is 4.86. The predicted molar refractivity (Wildman–Crippen MR) is 101 cm³/mol. The number of halogens is 1. The van der Waals surface area contributed by atoms with Crippen LogP contribution >= 0.6 is 11.6 Å². The Hall–Kier alpha value is -2.60. The Morgan fingerprint density at radius 1 is 1.31 bits per heavy atom. The Bertz CT molecular complexity index is 843. The molecule has 138 valence electrons. The standard InChI is InChI=1S/C19H22ClN3O3/c1-13-16(14(2)22(3)21-13)9-10-18(24)23(12-19(25)26-4)11-15-7-5-6-8-17(15)20/h5-10H,11-12H2,1-4H3/b10-9-. The third-order valence-electron chi connectivity index (χ3n) is 4.14. The number of methoxy groups -OCH3 is 1. The summed E-state index contributed by atoms with van der Waals surface area (Å²) in [5.41, 5.74) is 3.43. The van der Waals surface area contributed by atoms with Crippen LogP contribution in [0.5, 0.6) is 0 Å². The van der Waals surface area contributed by atoms with Crippen molar-refractivity contribution in [3.05, 3.63) is 57.9 Å². The van der Waals surface area contributed by atoms with Gasteiger partial charge in [0.15, 0.2) is 0 Å². The molecule has 0 aliphatic heterocycles. The topological polar surface area (TPSA) is 64.4 Å². The van der Waals surface area contributed by atoms with Crippen LogP contribution in [0, 0.1) is 13.8 Å². The van der Waals surface area contributed by atoms with Gasteiger partial charge in [0.05, 0.1) is 12.8 Å². The molecule has 0 radical (unpaired) electrons. The molecule has 1 aromatic heterocycles. The predicted octanol–water partition coefficient (Wildman–Crippen LogP) is 2.91. The van der Waals surface area contributed by atoms with E-state index in [-0.39, 0.29) is 19.0 Å². The highest BCUT2D eigenvalue weighted by Gasteiger charge is 2.17. The van der Waals surface area contributed by atoms with Gasteiger partial charge < -0.3 is 9.64 Å². The molecule has 26 heavy (non-hydrogen) atoms. The second-order valence-electron chi connectivity index (χ2n) is 5.90. The van der Waals surface area contributed by atoms with Gasteiger partial charge in [-0.25, -0.2) is 0 Å². The summed E-state index contributed by atoms with van der Waals surface area (Å²) in [6.45, 7) is 3.87. The Kier molecular flexibility index (Phi) is 6.58. The van der Waals surface area contributed by atoms with Gasteiger partial charge in [0.2, 0.25) is 5.91 Å². The number of nitrogens with zero attached hydrogens (tertiary/aromatic N) is 3. The molecule has 0 saturated heterocycles. The Morgan fingerprint density at radius 2 is 2.00 bits per heavy atom. The van der Waals surface area contributed by atoms with Crippen molar-refractivity contribution in [1.82, 2.24) is 14.7 Å². The SMILES string of the molecule is COC(=O)CN(Cc1ccccc1Cl)C(=O)/C=C\c1c(C)nn(C)c1C. The summed E-state index contributed by atoms with van der Waals surface area (Å²) in [6.07, 6.45) is 3.16. The van der Waals surface area contributed by atoms with Crippen LogP contribution in [0.4, 0.5) is 0 Å². The van der Waals surface area contributed by atoms with E-state index in [2.05, 4.69) is 5.10 Å². The van der Waals surface area contributed by atoms with Gasteiger partial charge >= 0.3 is 5.97 Å². The van der Waals surface area contributed by atoms with Gasteiger partial charge in [-0.05, 0) is 31.6 Å². The van der Waals surface area contributed by atoms with Gasteiger partial charge in [0.25, 0.3) is 0 Å². The zero-order valence-electron chi connectivity index (χ0n) is 15.3. The quantitative estimate of drug-likeness (QED) is 0.575. The number of hydrogen-bond acceptors (Lipinski definition) is 4. The zero-order valence-corrected chi connectivity index (χ0v) is 16.1. The summed E-state index contributed by atoms with van der Waals surface area (Å²) in [7, 11) is 3.14. The number of benzene rings is 1. The molecule has 0 N–H and O–H groups in total. The molecule has 2 rings (SSSR count). The van der Waals surface area contributed by atoms with E-state index in [9.17, 15) is 9.59 Å². The van der Waals surface area contributed by atoms with Crippen LogP contribution < -0.4 is 0 Å². The molecule has 1 aromatic carbocycles. The van der Waals surface area contributed by atoms with E-state index >= 15 is 0 Å². The first kappa shape index (κ1) is 19.7. The number of aryl methyl sites for hydroxylation is 2. The van der Waals surface area contributed by atoms with Gasteiger partial charge in [-0.15, -0.1) is 0 Å². The molecule has 1 amide bonds. The van der Waals surface area contributed by atoms with Crippen LogP contribution in [-0.2, 0) is 27.9 Å². The van der Waals surface area contributed by atoms with E-state index in [4.69, 9.17) is 16.3 Å². The first-order chi connectivity index (χ1) is 12.3. The van der Waals surface area contributed by atoms with E-state index in [1.54, 1.807) is 16.8 Å². The van der Waals surface area contributed by atoms with Crippen molar-refractivity contribution < 1.29 is 14.3 Å². The molecule has 0 fully saturated rings. The molecule has 0 aliphatic carbocycles. The van der Waals surface area contributed by atoms with E-state index in [1.807, 2.05) is 39.1 Å². The summed E-state index contributed by atoms with van der Waals surface area (Å²) in [4.78, 5) is 25.8. The van der Waals surface area contributed by atoms with Gasteiger partial charge in [-0.1, -0.05) is 29.8 Å². The molecule has 0 unspecified atom stereocenters. The van der Waals surface area contributed by atoms with Crippen molar-refractivity contribution in [3.63, 3.8) is 0 Å². The van der Waals surface area contributed by atoms with Crippen LogP contribution in [0.25, 0.3) is 6.08 Å². The first-order valence-corrected chi connectivity index (χ1v) is 8.48. The number of esters is 1. The molecular weight excluding hydrogens is 354 g/mol. The molecule has 0 atom stereocenters. The fraction of sp³-hybridized carbons (Fsp3) is 0.316. The lowest BCUT2D eigenvalue weighted by atomic mass is 10.1. The van der Waals surface area contributed by atoms with E-state index in [1.165, 1.54) is 18.1 Å². The average Bonchev–Trinajstić information content (AvgIpc) is 2.86. The molecule has 0 spiro atoms. The second kappa shape index (κ2) is 8.67. The van der Waals surface area contributed by atoms with Crippen LogP contribution in [0.15, 0.2) is 30.3 Å². The lowest BCUT2D eigenvalue weighted by Gasteiger charge is -2.20. The van der Waals surface area contributed by atoms with Crippen LogP contribution in [0.3, 0.4) is 0 Å². The number of amides is 1. The number of hydrogen-bond donors (Lipinski definition) is 0. The minimum absolute atomic E-state index is 0.157. The van der Waals surface area contributed by atoms with Gasteiger partial charge in [-0.2, -0.15) is 5.10 Å². The Labute approximate surface area is 158 Å². The number of carbonyl (C=O) groups is 2. The highest BCUT2D eigenvalue weighted by Crippen LogP contribution is 2.18. The smallest absolute Gasteiger partial charge is 0.325 e. The number of carbonyl (C=O) groups excluding carboxylic acids is 2. The number of ether oxygens (including phenoxy) is 1.